The number of carbonyl (C=O) groups excluding carboxylic acids is 2. The zero-order valence-corrected chi connectivity index (χ0v) is 12.3. The van der Waals surface area contributed by atoms with Gasteiger partial charge in [0.15, 0.2) is 0 Å². The molecule has 0 aliphatic carbocycles. The monoisotopic (exact) mass is 296 g/mol. The number of thiophene rings is 1. The summed E-state index contributed by atoms with van der Waals surface area (Å²) >= 11 is 1.20. The highest BCUT2D eigenvalue weighted by Gasteiger charge is 2.40. The van der Waals surface area contributed by atoms with Gasteiger partial charge in [-0.3, -0.25) is 19.8 Å². The van der Waals surface area contributed by atoms with E-state index in [1.165, 1.54) is 11.3 Å². The normalized spacial score (nSPS) is 18.9. The van der Waals surface area contributed by atoms with Gasteiger partial charge in [0.1, 0.15) is 4.88 Å². The number of amides is 2. The van der Waals surface area contributed by atoms with Gasteiger partial charge >= 0.3 is 5.97 Å². The lowest BCUT2D eigenvalue weighted by molar-refractivity contribution is -0.145. The van der Waals surface area contributed by atoms with Gasteiger partial charge in [-0.2, -0.15) is 0 Å². The van der Waals surface area contributed by atoms with Gasteiger partial charge in [0.05, 0.1) is 12.1 Å². The summed E-state index contributed by atoms with van der Waals surface area (Å²) in [6, 6.07) is 1.61. The second-order valence-corrected chi connectivity index (χ2v) is 6.55. The van der Waals surface area contributed by atoms with Crippen LogP contribution in [-0.2, 0) is 16.1 Å². The summed E-state index contributed by atoms with van der Waals surface area (Å²) in [5.41, 5.74) is 0.0362. The fourth-order valence-corrected chi connectivity index (χ4v) is 2.95. The predicted octanol–water partition coefficient (Wildman–Crippen LogP) is 0.992. The molecule has 1 aromatic heterocycles. The Hall–Kier alpha value is -1.73. The molecule has 1 saturated heterocycles. The number of hydrogen-bond acceptors (Lipinski definition) is 5. The van der Waals surface area contributed by atoms with Crippen molar-refractivity contribution in [2.45, 2.75) is 32.9 Å². The zero-order valence-electron chi connectivity index (χ0n) is 11.5. The van der Waals surface area contributed by atoms with Crippen molar-refractivity contribution >= 4 is 29.1 Å². The summed E-state index contributed by atoms with van der Waals surface area (Å²) in [5.74, 6) is -1.63. The third-order valence-corrected chi connectivity index (χ3v) is 4.61. The number of carboxylic acid groups (broad SMARTS) is 1. The standard InChI is InChI=1S/C13H16N2O4S/c1-7-8(4-9(20-7)11(17)18)5-15-6-10(16)14-12(19)13(15,2)3/h4H,5-6H2,1-3H3,(H,17,18)(H,14,16,19). The van der Waals surface area contributed by atoms with Gasteiger partial charge < -0.3 is 5.11 Å². The van der Waals surface area contributed by atoms with Crippen LogP contribution in [0.2, 0.25) is 0 Å². The van der Waals surface area contributed by atoms with E-state index in [1.807, 2.05) is 6.92 Å². The van der Waals surface area contributed by atoms with Crippen LogP contribution in [0.15, 0.2) is 6.07 Å². The Bertz CT molecular complexity index is 591. The van der Waals surface area contributed by atoms with Crippen LogP contribution < -0.4 is 5.32 Å². The second-order valence-electron chi connectivity index (χ2n) is 5.29. The number of aromatic carboxylic acids is 1. The first-order valence-electron chi connectivity index (χ1n) is 6.13. The Morgan fingerprint density at radius 2 is 2.15 bits per heavy atom. The van der Waals surface area contributed by atoms with Crippen molar-refractivity contribution in [1.82, 2.24) is 10.2 Å². The van der Waals surface area contributed by atoms with Crippen molar-refractivity contribution in [2.75, 3.05) is 6.54 Å². The molecule has 0 aromatic carbocycles. The maximum absolute atomic E-state index is 11.9. The molecule has 2 amide bonds. The van der Waals surface area contributed by atoms with Crippen molar-refractivity contribution in [1.29, 1.82) is 0 Å². The molecule has 2 heterocycles. The molecule has 1 fully saturated rings. The van der Waals surface area contributed by atoms with Gasteiger partial charge in [-0.25, -0.2) is 4.79 Å². The number of imide groups is 1. The van der Waals surface area contributed by atoms with E-state index in [1.54, 1.807) is 24.8 Å². The minimum absolute atomic E-state index is 0.121. The summed E-state index contributed by atoms with van der Waals surface area (Å²) < 4.78 is 0. The molecular weight excluding hydrogens is 280 g/mol. The fraction of sp³-hybridized carbons (Fsp3) is 0.462. The molecule has 0 unspecified atom stereocenters. The van der Waals surface area contributed by atoms with Crippen molar-refractivity contribution in [3.63, 3.8) is 0 Å². The highest BCUT2D eigenvalue weighted by molar-refractivity contribution is 7.14. The molecule has 0 spiro atoms. The first-order valence-corrected chi connectivity index (χ1v) is 6.95. The number of nitrogens with one attached hydrogen (secondary N) is 1. The van der Waals surface area contributed by atoms with Crippen LogP contribution in [-0.4, -0.2) is 39.9 Å². The van der Waals surface area contributed by atoms with Crippen molar-refractivity contribution in [3.8, 4) is 0 Å². The number of carbonyl (C=O) groups is 3. The summed E-state index contributed by atoms with van der Waals surface area (Å²) in [4.78, 5) is 37.2. The lowest BCUT2D eigenvalue weighted by Crippen LogP contribution is -2.63. The third-order valence-electron chi connectivity index (χ3n) is 3.53. The molecule has 0 atom stereocenters. The third kappa shape index (κ3) is 2.59. The second kappa shape index (κ2) is 4.99. The van der Waals surface area contributed by atoms with Gasteiger partial charge in [0, 0.05) is 11.4 Å². The van der Waals surface area contributed by atoms with Crippen LogP contribution >= 0.6 is 11.3 Å². The van der Waals surface area contributed by atoms with Crippen molar-refractivity contribution < 1.29 is 19.5 Å². The molecular formula is C13H16N2O4S. The van der Waals surface area contributed by atoms with E-state index in [0.717, 1.165) is 10.4 Å². The van der Waals surface area contributed by atoms with Gasteiger partial charge in [0.25, 0.3) is 0 Å². The lowest BCUT2D eigenvalue weighted by atomic mass is 9.98. The Labute approximate surface area is 120 Å². The fourth-order valence-electron chi connectivity index (χ4n) is 2.08. The molecule has 0 radical (unpaired) electrons. The SMILES string of the molecule is Cc1sc(C(=O)O)cc1CN1CC(=O)NC(=O)C1(C)C. The number of carboxylic acids is 1. The quantitative estimate of drug-likeness (QED) is 0.812. The number of piperazine rings is 1. The molecule has 1 aliphatic rings. The number of aryl methyl sites for hydroxylation is 1. The van der Waals surface area contributed by atoms with E-state index in [9.17, 15) is 14.4 Å². The molecule has 0 bridgehead atoms. The smallest absolute Gasteiger partial charge is 0.345 e. The summed E-state index contributed by atoms with van der Waals surface area (Å²) in [7, 11) is 0. The maximum atomic E-state index is 11.9. The molecule has 2 rings (SSSR count). The average Bonchev–Trinajstić information content (AvgIpc) is 2.68. The van der Waals surface area contributed by atoms with Crippen LogP contribution in [0, 0.1) is 6.92 Å². The van der Waals surface area contributed by atoms with E-state index in [2.05, 4.69) is 5.32 Å². The average molecular weight is 296 g/mol. The first kappa shape index (κ1) is 14.7. The minimum Gasteiger partial charge on any atom is -0.477 e. The van der Waals surface area contributed by atoms with Crippen molar-refractivity contribution in [3.05, 3.63) is 21.4 Å². The molecule has 20 heavy (non-hydrogen) atoms. The molecule has 108 valence electrons. The van der Waals surface area contributed by atoms with Gasteiger partial charge in [-0.15, -0.1) is 11.3 Å². The van der Waals surface area contributed by atoms with Gasteiger partial charge in [-0.1, -0.05) is 0 Å². The molecule has 1 aliphatic heterocycles. The molecule has 0 saturated carbocycles. The van der Waals surface area contributed by atoms with Crippen LogP contribution in [0.3, 0.4) is 0 Å². The van der Waals surface area contributed by atoms with Crippen LogP contribution in [0.25, 0.3) is 0 Å². The molecule has 7 heteroatoms. The van der Waals surface area contributed by atoms with Crippen LogP contribution in [0.1, 0.15) is 34.0 Å². The van der Waals surface area contributed by atoms with Crippen molar-refractivity contribution in [2.24, 2.45) is 0 Å². The number of hydrogen-bond donors (Lipinski definition) is 2. The highest BCUT2D eigenvalue weighted by Crippen LogP contribution is 2.27. The van der Waals surface area contributed by atoms with E-state index < -0.39 is 11.5 Å². The Morgan fingerprint density at radius 3 is 2.70 bits per heavy atom. The van der Waals surface area contributed by atoms with Gasteiger partial charge in [0.2, 0.25) is 11.8 Å². The van der Waals surface area contributed by atoms with Crippen LogP contribution in [0.5, 0.6) is 0 Å². The topological polar surface area (TPSA) is 86.7 Å². The van der Waals surface area contributed by atoms with Gasteiger partial charge in [-0.05, 0) is 32.4 Å². The Balaban J connectivity index is 2.26. The minimum atomic E-state index is -0.962. The summed E-state index contributed by atoms with van der Waals surface area (Å²) in [5, 5.41) is 11.3. The highest BCUT2D eigenvalue weighted by atomic mass is 32.1. The predicted molar refractivity (Wildman–Crippen MR) is 73.7 cm³/mol. The molecule has 6 nitrogen and oxygen atoms in total. The zero-order chi connectivity index (χ0) is 15.1. The summed E-state index contributed by atoms with van der Waals surface area (Å²) in [6.45, 7) is 5.83. The number of nitrogens with zero attached hydrogens (tertiary/aromatic N) is 1. The maximum Gasteiger partial charge on any atom is 0.345 e. The lowest BCUT2D eigenvalue weighted by Gasteiger charge is -2.40. The summed E-state index contributed by atoms with van der Waals surface area (Å²) in [6.07, 6.45) is 0. The van der Waals surface area contributed by atoms with Crippen LogP contribution in [0.4, 0.5) is 0 Å². The molecule has 1 aromatic rings. The first-order chi connectivity index (χ1) is 9.21. The van der Waals surface area contributed by atoms with E-state index in [0.29, 0.717) is 6.54 Å². The van der Waals surface area contributed by atoms with E-state index in [4.69, 9.17) is 5.11 Å². The Morgan fingerprint density at radius 1 is 1.50 bits per heavy atom. The largest absolute Gasteiger partial charge is 0.477 e. The van der Waals surface area contributed by atoms with E-state index >= 15 is 0 Å². The molecule has 2 N–H and O–H groups in total. The Kier molecular flexibility index (Phi) is 3.66. The number of rotatable bonds is 3. The van der Waals surface area contributed by atoms with E-state index in [-0.39, 0.29) is 23.2 Å².